The van der Waals surface area contributed by atoms with Gasteiger partial charge in [0.05, 0.1) is 12.2 Å². The van der Waals surface area contributed by atoms with Crippen LogP contribution in [0, 0.1) is 17.2 Å². The third kappa shape index (κ3) is 10.9. The van der Waals surface area contributed by atoms with Gasteiger partial charge in [0.15, 0.2) is 5.82 Å². The van der Waals surface area contributed by atoms with Crippen molar-refractivity contribution in [3.63, 3.8) is 0 Å². The van der Waals surface area contributed by atoms with Gasteiger partial charge in [-0.3, -0.25) is 9.69 Å². The lowest BCUT2D eigenvalue weighted by Gasteiger charge is -2.53. The maximum absolute atomic E-state index is 14.2. The van der Waals surface area contributed by atoms with Crippen molar-refractivity contribution >= 4 is 23.7 Å². The lowest BCUT2D eigenvalue weighted by Crippen LogP contribution is -2.62. The van der Waals surface area contributed by atoms with Crippen LogP contribution in [0.4, 0.5) is 10.2 Å². The quantitative estimate of drug-likeness (QED) is 0.233. The van der Waals surface area contributed by atoms with Crippen molar-refractivity contribution in [1.82, 2.24) is 29.9 Å². The van der Waals surface area contributed by atoms with Gasteiger partial charge in [0, 0.05) is 68.9 Å². The van der Waals surface area contributed by atoms with E-state index in [4.69, 9.17) is 14.9 Å². The fourth-order valence-corrected chi connectivity index (χ4v) is 6.44. The summed E-state index contributed by atoms with van der Waals surface area (Å²) in [6.45, 7) is 16.4. The molecule has 15 heteroatoms. The molecule has 2 saturated heterocycles. The fraction of sp³-hybridized carbons (Fsp3) is 0.588. The van der Waals surface area contributed by atoms with Crippen LogP contribution >= 0.6 is 0 Å². The number of likely N-dealkylation sites (tertiary alicyclic amines) is 1. The third-order valence-corrected chi connectivity index (χ3v) is 8.89. The fourth-order valence-electron chi connectivity index (χ4n) is 6.44. The van der Waals surface area contributed by atoms with Crippen LogP contribution in [-0.4, -0.2) is 135 Å². The van der Waals surface area contributed by atoms with Gasteiger partial charge >= 0.3 is 11.9 Å². The van der Waals surface area contributed by atoms with Gasteiger partial charge in [-0.2, -0.15) is 0 Å². The zero-order valence-electron chi connectivity index (χ0n) is 29.3. The standard InChI is InChI=1S/C30H46FN7O3.C4H4O4/c1-7-38(22(4)5)29(40)24-16-23(31)8-9-26(24)41-28-27(32-20-33-34-28)36-13-11-30(17-36)18-37(19-30)25(21(2)3)10-12-35(6)14-15-39;5-3(6)1-2-4(7)8/h8-9,16,20-22,25,39H,7,10-15,17-19H2,1-6H3;1-2H,(H,5,6)(H,7,8)/b;2-1+/t25-;/m1./s1. The molecule has 2 aliphatic heterocycles. The first kappa shape index (κ1) is 39.2. The first-order valence-electron chi connectivity index (χ1n) is 16.6. The molecule has 2 fully saturated rings. The molecule has 49 heavy (non-hydrogen) atoms. The lowest BCUT2D eigenvalue weighted by molar-refractivity contribution is -0.134. The van der Waals surface area contributed by atoms with E-state index in [1.807, 2.05) is 20.8 Å². The number of amides is 1. The molecule has 2 aliphatic rings. The second-order valence-electron chi connectivity index (χ2n) is 13.2. The molecule has 14 nitrogen and oxygen atoms in total. The molecule has 2 aromatic rings. The number of carbonyl (C=O) groups excluding carboxylic acids is 1. The molecule has 0 aliphatic carbocycles. The summed E-state index contributed by atoms with van der Waals surface area (Å²) in [7, 11) is 2.06. The second-order valence-corrected chi connectivity index (χ2v) is 13.2. The van der Waals surface area contributed by atoms with Crippen molar-refractivity contribution in [2.24, 2.45) is 11.3 Å². The van der Waals surface area contributed by atoms with Crippen LogP contribution in [0.25, 0.3) is 0 Å². The molecule has 1 aromatic heterocycles. The number of benzene rings is 1. The number of aromatic nitrogens is 3. The van der Waals surface area contributed by atoms with Crippen molar-refractivity contribution in [2.45, 2.75) is 59.5 Å². The Morgan fingerprint density at radius 2 is 1.76 bits per heavy atom. The number of ether oxygens (including phenoxy) is 1. The Labute approximate surface area is 287 Å². The number of halogens is 1. The predicted octanol–water partition coefficient (Wildman–Crippen LogP) is 3.24. The summed E-state index contributed by atoms with van der Waals surface area (Å²) >= 11 is 0. The van der Waals surface area contributed by atoms with Gasteiger partial charge in [0.2, 0.25) is 0 Å². The molecule has 3 N–H and O–H groups in total. The largest absolute Gasteiger partial charge is 0.478 e. The second kappa shape index (κ2) is 18.0. The highest BCUT2D eigenvalue weighted by Crippen LogP contribution is 2.44. The minimum Gasteiger partial charge on any atom is -0.478 e. The summed E-state index contributed by atoms with van der Waals surface area (Å²) in [5.41, 5.74) is 0.330. The van der Waals surface area contributed by atoms with Crippen LogP contribution in [0.2, 0.25) is 0 Å². The third-order valence-electron chi connectivity index (χ3n) is 8.89. The zero-order chi connectivity index (χ0) is 36.3. The van der Waals surface area contributed by atoms with Gasteiger partial charge in [0.25, 0.3) is 11.8 Å². The molecule has 3 heterocycles. The Balaban J connectivity index is 0.000000723. The highest BCUT2D eigenvalue weighted by atomic mass is 19.1. The maximum Gasteiger partial charge on any atom is 0.328 e. The van der Waals surface area contributed by atoms with E-state index in [2.05, 4.69) is 50.8 Å². The van der Waals surface area contributed by atoms with Crippen LogP contribution in [0.1, 0.15) is 57.8 Å². The number of anilines is 1. The molecule has 4 rings (SSSR count). The number of carboxylic acids is 2. The first-order chi connectivity index (χ1) is 23.2. The maximum atomic E-state index is 14.2. The molecule has 1 amide bonds. The number of carboxylic acid groups (broad SMARTS) is 2. The number of aliphatic hydroxyl groups is 1. The summed E-state index contributed by atoms with van der Waals surface area (Å²) in [5.74, 6) is -1.75. The number of aliphatic carboxylic acids is 2. The summed E-state index contributed by atoms with van der Waals surface area (Å²) < 4.78 is 20.4. The van der Waals surface area contributed by atoms with Crippen molar-refractivity contribution < 1.29 is 38.8 Å². The van der Waals surface area contributed by atoms with Crippen molar-refractivity contribution in [2.75, 3.05) is 64.4 Å². The van der Waals surface area contributed by atoms with Gasteiger partial charge in [-0.25, -0.2) is 19.0 Å². The first-order valence-corrected chi connectivity index (χ1v) is 16.6. The van der Waals surface area contributed by atoms with E-state index in [1.165, 1.54) is 24.5 Å². The molecular formula is C34H50FN7O7. The van der Waals surface area contributed by atoms with E-state index in [0.29, 0.717) is 43.0 Å². The number of hydrogen-bond acceptors (Lipinski definition) is 11. The van der Waals surface area contributed by atoms with Crippen LogP contribution in [0.15, 0.2) is 36.7 Å². The number of hydrogen-bond donors (Lipinski definition) is 3. The highest BCUT2D eigenvalue weighted by Gasteiger charge is 2.50. The van der Waals surface area contributed by atoms with E-state index in [-0.39, 0.29) is 41.2 Å². The average Bonchev–Trinajstić information content (AvgIpc) is 3.47. The monoisotopic (exact) mass is 687 g/mol. The zero-order valence-corrected chi connectivity index (χ0v) is 29.3. The molecule has 1 atom stereocenters. The van der Waals surface area contributed by atoms with E-state index in [1.54, 1.807) is 4.90 Å². The van der Waals surface area contributed by atoms with Gasteiger partial charge < -0.3 is 34.8 Å². The Kier molecular flexibility index (Phi) is 14.4. The van der Waals surface area contributed by atoms with Gasteiger partial charge in [-0.15, -0.1) is 10.2 Å². The molecular weight excluding hydrogens is 637 g/mol. The average molecular weight is 688 g/mol. The van der Waals surface area contributed by atoms with E-state index < -0.39 is 17.8 Å². The molecule has 0 radical (unpaired) electrons. The summed E-state index contributed by atoms with van der Waals surface area (Å²) in [6, 6.07) is 4.42. The molecule has 0 bridgehead atoms. The molecule has 1 aromatic carbocycles. The van der Waals surface area contributed by atoms with Crippen LogP contribution in [-0.2, 0) is 9.59 Å². The topological polar surface area (TPSA) is 173 Å². The van der Waals surface area contributed by atoms with Crippen LogP contribution < -0.4 is 9.64 Å². The number of carbonyl (C=O) groups is 3. The number of aliphatic hydroxyl groups excluding tert-OH is 1. The van der Waals surface area contributed by atoms with Gasteiger partial charge in [-0.1, -0.05) is 13.8 Å². The SMILES string of the molecule is CCN(C(=O)c1cc(F)ccc1Oc1nncnc1N1CCC2(C1)CN([C@H](CCN(C)CCO)C(C)C)C2)C(C)C.O=C(O)/C=C/C(=O)O. The van der Waals surface area contributed by atoms with Gasteiger partial charge in [0.1, 0.15) is 17.9 Å². The Bertz CT molecular complexity index is 1440. The molecule has 0 saturated carbocycles. The van der Waals surface area contributed by atoms with Crippen molar-refractivity contribution in [3.05, 3.63) is 48.1 Å². The minimum absolute atomic E-state index is 0.0445. The predicted molar refractivity (Wildman–Crippen MR) is 181 cm³/mol. The number of nitrogens with zero attached hydrogens (tertiary/aromatic N) is 7. The Morgan fingerprint density at radius 1 is 1.08 bits per heavy atom. The normalized spacial score (nSPS) is 16.2. The summed E-state index contributed by atoms with van der Waals surface area (Å²) in [5, 5.41) is 33.0. The van der Waals surface area contributed by atoms with E-state index >= 15 is 0 Å². The number of likely N-dealkylation sites (N-methyl/N-ethyl adjacent to an activating group) is 1. The van der Waals surface area contributed by atoms with E-state index in [0.717, 1.165) is 45.6 Å². The van der Waals surface area contributed by atoms with Crippen molar-refractivity contribution in [1.29, 1.82) is 0 Å². The van der Waals surface area contributed by atoms with Crippen LogP contribution in [0.5, 0.6) is 11.6 Å². The van der Waals surface area contributed by atoms with E-state index in [9.17, 15) is 23.9 Å². The lowest BCUT2D eigenvalue weighted by atomic mass is 9.76. The molecule has 1 spiro atoms. The molecule has 0 unspecified atom stereocenters. The van der Waals surface area contributed by atoms with Gasteiger partial charge in [-0.05, 0) is 71.3 Å². The molecule has 270 valence electrons. The Morgan fingerprint density at radius 3 is 2.33 bits per heavy atom. The minimum atomic E-state index is -1.26. The smallest absolute Gasteiger partial charge is 0.328 e. The summed E-state index contributed by atoms with van der Waals surface area (Å²) in [4.78, 5) is 45.6. The van der Waals surface area contributed by atoms with Crippen LogP contribution in [0.3, 0.4) is 0 Å². The van der Waals surface area contributed by atoms with Crippen molar-refractivity contribution in [3.8, 4) is 11.6 Å². The Hall–Kier alpha value is -4.21. The number of rotatable bonds is 15. The summed E-state index contributed by atoms with van der Waals surface area (Å²) in [6.07, 6.45) is 4.64. The highest BCUT2D eigenvalue weighted by molar-refractivity contribution is 5.97.